The van der Waals surface area contributed by atoms with Gasteiger partial charge in [-0.2, -0.15) is 0 Å². The first-order valence-corrected chi connectivity index (χ1v) is 10.4. The minimum atomic E-state index is -0.0567. The van der Waals surface area contributed by atoms with Crippen molar-refractivity contribution in [3.8, 4) is 11.3 Å². The second-order valence-corrected chi connectivity index (χ2v) is 8.63. The molecule has 0 saturated carbocycles. The summed E-state index contributed by atoms with van der Waals surface area (Å²) in [6, 6.07) is 5.87. The molecule has 0 amide bonds. The number of aromatic amines is 1. The Morgan fingerprint density at radius 3 is 3.03 bits per heavy atom. The topological polar surface area (TPSA) is 91.2 Å². The molecule has 1 saturated heterocycles. The number of likely N-dealkylation sites (tertiary alicyclic amines) is 1. The van der Waals surface area contributed by atoms with E-state index in [9.17, 15) is 4.79 Å². The smallest absolute Gasteiger partial charge is 0.255 e. The highest BCUT2D eigenvalue weighted by atomic mass is 16.5. The summed E-state index contributed by atoms with van der Waals surface area (Å²) < 4.78 is 5.62. The number of rotatable bonds is 4. The van der Waals surface area contributed by atoms with Crippen molar-refractivity contribution in [3.63, 3.8) is 0 Å². The van der Waals surface area contributed by atoms with Crippen LogP contribution in [0.4, 0.5) is 5.95 Å². The summed E-state index contributed by atoms with van der Waals surface area (Å²) in [6.07, 6.45) is 7.46. The number of piperidine rings is 1. The van der Waals surface area contributed by atoms with Crippen molar-refractivity contribution < 1.29 is 4.52 Å². The minimum absolute atomic E-state index is 0.00838. The van der Waals surface area contributed by atoms with Crippen LogP contribution in [0.5, 0.6) is 0 Å². The summed E-state index contributed by atoms with van der Waals surface area (Å²) in [6.45, 7) is 2.59. The van der Waals surface area contributed by atoms with E-state index in [-0.39, 0.29) is 11.0 Å². The lowest BCUT2D eigenvalue weighted by molar-refractivity contribution is 0.125. The molecule has 30 heavy (non-hydrogen) atoms. The molecule has 8 nitrogen and oxygen atoms in total. The van der Waals surface area contributed by atoms with Gasteiger partial charge < -0.3 is 9.42 Å². The van der Waals surface area contributed by atoms with Gasteiger partial charge >= 0.3 is 0 Å². The average Bonchev–Trinajstić information content (AvgIpc) is 3.35. The third kappa shape index (κ3) is 3.31. The van der Waals surface area contributed by atoms with Gasteiger partial charge in [0.15, 0.2) is 5.76 Å². The normalized spacial score (nSPS) is 21.1. The fraction of sp³-hybridized carbons (Fsp3) is 0.455. The van der Waals surface area contributed by atoms with Crippen molar-refractivity contribution in [3.05, 3.63) is 58.0 Å². The molecule has 1 spiro atoms. The van der Waals surface area contributed by atoms with E-state index >= 15 is 0 Å². The van der Waals surface area contributed by atoms with Gasteiger partial charge in [0.2, 0.25) is 5.95 Å². The molecule has 1 N–H and O–H groups in total. The van der Waals surface area contributed by atoms with Crippen molar-refractivity contribution in [1.29, 1.82) is 0 Å². The van der Waals surface area contributed by atoms with Crippen molar-refractivity contribution in [1.82, 2.24) is 25.0 Å². The van der Waals surface area contributed by atoms with Crippen LogP contribution in [0.15, 0.2) is 39.9 Å². The first kappa shape index (κ1) is 19.0. The number of fused-ring (bicyclic) bond motifs is 2. The fourth-order valence-electron chi connectivity index (χ4n) is 4.87. The van der Waals surface area contributed by atoms with Crippen LogP contribution in [-0.2, 0) is 18.4 Å². The molecule has 1 aliphatic carbocycles. The highest BCUT2D eigenvalue weighted by Crippen LogP contribution is 2.43. The average molecular weight is 406 g/mol. The lowest BCUT2D eigenvalue weighted by Gasteiger charge is -2.40. The number of anilines is 1. The molecule has 156 valence electrons. The molecule has 1 aliphatic heterocycles. The predicted octanol–water partition coefficient (Wildman–Crippen LogP) is 2.37. The minimum Gasteiger partial charge on any atom is -0.359 e. The van der Waals surface area contributed by atoms with Crippen molar-refractivity contribution in [2.75, 3.05) is 32.1 Å². The monoisotopic (exact) mass is 406 g/mol. The van der Waals surface area contributed by atoms with Crippen LogP contribution >= 0.6 is 0 Å². The summed E-state index contributed by atoms with van der Waals surface area (Å²) in [5.74, 6) is 1.48. The first-order valence-electron chi connectivity index (χ1n) is 10.4. The maximum Gasteiger partial charge on any atom is 0.255 e. The number of nitrogens with one attached hydrogen (secondary N) is 1. The van der Waals surface area contributed by atoms with E-state index in [0.29, 0.717) is 12.5 Å². The molecule has 8 heteroatoms. The summed E-state index contributed by atoms with van der Waals surface area (Å²) in [4.78, 5) is 28.8. The predicted molar refractivity (Wildman–Crippen MR) is 113 cm³/mol. The zero-order chi connectivity index (χ0) is 20.7. The van der Waals surface area contributed by atoms with Gasteiger partial charge in [0.05, 0.1) is 12.2 Å². The zero-order valence-electron chi connectivity index (χ0n) is 17.4. The Morgan fingerprint density at radius 2 is 2.23 bits per heavy atom. The van der Waals surface area contributed by atoms with Gasteiger partial charge in [-0.15, -0.1) is 0 Å². The maximum absolute atomic E-state index is 12.6. The third-order valence-corrected chi connectivity index (χ3v) is 6.33. The van der Waals surface area contributed by atoms with Gasteiger partial charge in [-0.05, 0) is 44.4 Å². The molecule has 2 aliphatic rings. The third-order valence-electron chi connectivity index (χ3n) is 6.33. The van der Waals surface area contributed by atoms with Crippen LogP contribution in [0.2, 0.25) is 0 Å². The molecule has 3 aromatic heterocycles. The van der Waals surface area contributed by atoms with Crippen LogP contribution in [0.25, 0.3) is 11.3 Å². The Balaban J connectivity index is 1.38. The Morgan fingerprint density at radius 1 is 1.33 bits per heavy atom. The van der Waals surface area contributed by atoms with Crippen LogP contribution in [0.3, 0.4) is 0 Å². The van der Waals surface area contributed by atoms with Crippen molar-refractivity contribution in [2.45, 2.75) is 37.6 Å². The van der Waals surface area contributed by atoms with E-state index in [1.165, 1.54) is 0 Å². The second kappa shape index (κ2) is 7.36. The number of hydrogen-bond donors (Lipinski definition) is 1. The van der Waals surface area contributed by atoms with E-state index in [2.05, 4.69) is 20.0 Å². The molecule has 1 atom stereocenters. The highest BCUT2D eigenvalue weighted by Gasteiger charge is 2.44. The summed E-state index contributed by atoms with van der Waals surface area (Å²) in [5.41, 5.74) is 3.56. The van der Waals surface area contributed by atoms with Gasteiger partial charge in [0.1, 0.15) is 5.69 Å². The highest BCUT2D eigenvalue weighted by molar-refractivity contribution is 5.57. The zero-order valence-corrected chi connectivity index (χ0v) is 17.4. The quantitative estimate of drug-likeness (QED) is 0.711. The number of nitrogens with zero attached hydrogens (tertiary/aromatic N) is 5. The Kier molecular flexibility index (Phi) is 4.66. The number of pyridine rings is 1. The van der Waals surface area contributed by atoms with Gasteiger partial charge in [-0.1, -0.05) is 5.16 Å². The molecular formula is C22H26N6O2. The molecular weight excluding hydrogens is 380 g/mol. The van der Waals surface area contributed by atoms with Crippen molar-refractivity contribution >= 4 is 5.95 Å². The van der Waals surface area contributed by atoms with Gasteiger partial charge in [-0.25, -0.2) is 4.98 Å². The molecule has 5 rings (SSSR count). The van der Waals surface area contributed by atoms with E-state index < -0.39 is 0 Å². The largest absolute Gasteiger partial charge is 0.359 e. The van der Waals surface area contributed by atoms with E-state index in [1.807, 2.05) is 37.2 Å². The van der Waals surface area contributed by atoms with Gasteiger partial charge in [0, 0.05) is 55.6 Å². The molecule has 1 fully saturated rings. The van der Waals surface area contributed by atoms with Crippen LogP contribution in [-0.4, -0.2) is 52.2 Å². The van der Waals surface area contributed by atoms with Crippen LogP contribution in [0.1, 0.15) is 36.3 Å². The molecule has 4 heterocycles. The van der Waals surface area contributed by atoms with Crippen LogP contribution in [0, 0.1) is 0 Å². The molecule has 0 aromatic carbocycles. The van der Waals surface area contributed by atoms with E-state index in [4.69, 9.17) is 9.51 Å². The standard InChI is InChI=1S/C22H26N6O2/c1-27(2)21-24-19-17(20(29)25-21)6-8-22(19)7-4-10-28(14-22)13-16-11-18(26-30-16)15-5-3-9-23-12-15/h3,5,9,11-12H,4,6-8,10,13-14H2,1-2H3,(H,24,25,29). The Bertz CT molecular complexity index is 1110. The van der Waals surface area contributed by atoms with Gasteiger partial charge in [-0.3, -0.25) is 19.7 Å². The van der Waals surface area contributed by atoms with E-state index in [0.717, 1.165) is 67.0 Å². The van der Waals surface area contributed by atoms with Crippen molar-refractivity contribution in [2.24, 2.45) is 0 Å². The second-order valence-electron chi connectivity index (χ2n) is 8.63. The summed E-state index contributed by atoms with van der Waals surface area (Å²) >= 11 is 0. The molecule has 3 aromatic rings. The summed E-state index contributed by atoms with van der Waals surface area (Å²) in [5, 5.41) is 4.21. The lowest BCUT2D eigenvalue weighted by atomic mass is 9.77. The Hall–Kier alpha value is -3.00. The number of H-pyrrole nitrogens is 1. The fourth-order valence-corrected chi connectivity index (χ4v) is 4.87. The number of hydrogen-bond acceptors (Lipinski definition) is 7. The molecule has 0 radical (unpaired) electrons. The summed E-state index contributed by atoms with van der Waals surface area (Å²) in [7, 11) is 3.81. The molecule has 1 unspecified atom stereocenters. The van der Waals surface area contributed by atoms with Gasteiger partial charge in [0.25, 0.3) is 5.56 Å². The van der Waals surface area contributed by atoms with E-state index in [1.54, 1.807) is 12.4 Å². The van der Waals surface area contributed by atoms with Crippen LogP contribution < -0.4 is 10.5 Å². The Labute approximate surface area is 174 Å². The lowest BCUT2D eigenvalue weighted by Crippen LogP contribution is -2.45. The molecule has 0 bridgehead atoms. The number of aromatic nitrogens is 4. The first-order chi connectivity index (χ1) is 14.5. The maximum atomic E-state index is 12.6. The SMILES string of the molecule is CN(C)c1nc2c(c(=O)[nH]1)CCC21CCCN(Cc2cc(-c3cccnc3)no2)C1.